The number of hydrogen-bond acceptors (Lipinski definition) is 1. The lowest BCUT2D eigenvalue weighted by atomic mass is 9.89. The summed E-state index contributed by atoms with van der Waals surface area (Å²) >= 11 is 3.33. The number of benzene rings is 1. The van der Waals surface area contributed by atoms with Crippen LogP contribution in [0.2, 0.25) is 0 Å². The summed E-state index contributed by atoms with van der Waals surface area (Å²) in [6.45, 7) is 8.50. The molecule has 0 fully saturated rings. The molecule has 17 heavy (non-hydrogen) atoms. The van der Waals surface area contributed by atoms with Crippen molar-refractivity contribution in [1.29, 1.82) is 0 Å². The maximum absolute atomic E-state index is 13.4. The molecule has 1 atom stereocenters. The average molecular weight is 302 g/mol. The van der Waals surface area contributed by atoms with E-state index in [1.807, 2.05) is 6.07 Å². The predicted molar refractivity (Wildman–Crippen MR) is 74.7 cm³/mol. The van der Waals surface area contributed by atoms with E-state index >= 15 is 0 Å². The Bertz CT molecular complexity index is 352. The molecule has 0 aliphatic carbocycles. The normalized spacial score (nSPS) is 13.1. The molecular formula is C14H21BrFN. The molecular weight excluding hydrogens is 281 g/mol. The van der Waals surface area contributed by atoms with E-state index in [9.17, 15) is 4.39 Å². The molecule has 1 rings (SSSR count). The Hall–Kier alpha value is -0.410. The van der Waals surface area contributed by atoms with Crippen LogP contribution in [0.1, 0.15) is 26.3 Å². The highest BCUT2D eigenvalue weighted by molar-refractivity contribution is 9.10. The monoisotopic (exact) mass is 301 g/mol. The summed E-state index contributed by atoms with van der Waals surface area (Å²) < 4.78 is 14.0. The zero-order valence-electron chi connectivity index (χ0n) is 10.8. The fourth-order valence-electron chi connectivity index (χ4n) is 1.86. The molecule has 0 heterocycles. The highest BCUT2D eigenvalue weighted by Crippen LogP contribution is 2.25. The van der Waals surface area contributed by atoms with Gasteiger partial charge in [-0.1, -0.05) is 32.9 Å². The number of rotatable bonds is 6. The van der Waals surface area contributed by atoms with Gasteiger partial charge in [0.2, 0.25) is 0 Å². The molecule has 0 bridgehead atoms. The van der Waals surface area contributed by atoms with Crippen LogP contribution >= 0.6 is 15.9 Å². The van der Waals surface area contributed by atoms with Crippen LogP contribution in [-0.4, -0.2) is 13.1 Å². The van der Waals surface area contributed by atoms with E-state index in [2.05, 4.69) is 42.0 Å². The Labute approximate surface area is 112 Å². The first-order valence-electron chi connectivity index (χ1n) is 6.19. The maximum Gasteiger partial charge on any atom is 0.137 e. The lowest BCUT2D eigenvalue weighted by molar-refractivity contribution is 0.363. The lowest BCUT2D eigenvalue weighted by Gasteiger charge is -2.22. The largest absolute Gasteiger partial charge is 0.317 e. The Balaban J connectivity index is 2.75. The number of nitrogens with one attached hydrogen (secondary N) is 1. The van der Waals surface area contributed by atoms with E-state index in [-0.39, 0.29) is 5.82 Å². The number of hydrogen-bond donors (Lipinski definition) is 1. The first kappa shape index (κ1) is 14.7. The molecule has 0 spiro atoms. The predicted octanol–water partition coefficient (Wildman–Crippen LogP) is 4.01. The summed E-state index contributed by atoms with van der Waals surface area (Å²) in [5, 5.41) is 3.37. The van der Waals surface area contributed by atoms with Crippen LogP contribution in [-0.2, 0) is 6.42 Å². The summed E-state index contributed by atoms with van der Waals surface area (Å²) in [7, 11) is 0. The summed E-state index contributed by atoms with van der Waals surface area (Å²) in [6.07, 6.45) is 0.906. The minimum absolute atomic E-state index is 0.173. The van der Waals surface area contributed by atoms with E-state index in [1.165, 1.54) is 6.07 Å². The van der Waals surface area contributed by atoms with Crippen LogP contribution < -0.4 is 5.32 Å². The van der Waals surface area contributed by atoms with Gasteiger partial charge in [0, 0.05) is 0 Å². The molecule has 1 aromatic rings. The zero-order valence-corrected chi connectivity index (χ0v) is 12.3. The van der Waals surface area contributed by atoms with Gasteiger partial charge in [0.05, 0.1) is 4.47 Å². The van der Waals surface area contributed by atoms with Crippen molar-refractivity contribution < 1.29 is 4.39 Å². The molecule has 1 nitrogen and oxygen atoms in total. The Morgan fingerprint density at radius 2 is 2.06 bits per heavy atom. The molecule has 1 unspecified atom stereocenters. The molecule has 3 heteroatoms. The molecule has 0 saturated carbocycles. The van der Waals surface area contributed by atoms with Crippen molar-refractivity contribution >= 4 is 15.9 Å². The van der Waals surface area contributed by atoms with Crippen molar-refractivity contribution in [1.82, 2.24) is 5.32 Å². The summed E-state index contributed by atoms with van der Waals surface area (Å²) in [4.78, 5) is 0. The average Bonchev–Trinajstić information content (AvgIpc) is 2.29. The highest BCUT2D eigenvalue weighted by atomic mass is 79.9. The van der Waals surface area contributed by atoms with Gasteiger partial charge in [-0.3, -0.25) is 0 Å². The molecule has 1 aromatic carbocycles. The van der Waals surface area contributed by atoms with Crippen LogP contribution in [0.25, 0.3) is 0 Å². The van der Waals surface area contributed by atoms with Gasteiger partial charge in [0.15, 0.2) is 0 Å². The van der Waals surface area contributed by atoms with Crippen LogP contribution in [0.5, 0.6) is 0 Å². The SMILES string of the molecule is CCNCC(Cc1cccc(F)c1Br)C(C)C. The second-order valence-corrected chi connectivity index (χ2v) is 5.52. The van der Waals surface area contributed by atoms with Crippen molar-refractivity contribution in [3.8, 4) is 0 Å². The van der Waals surface area contributed by atoms with Crippen molar-refractivity contribution in [2.24, 2.45) is 11.8 Å². The van der Waals surface area contributed by atoms with Gasteiger partial charge in [0.1, 0.15) is 5.82 Å². The third-order valence-corrected chi connectivity index (χ3v) is 4.00. The molecule has 1 N–H and O–H groups in total. The minimum Gasteiger partial charge on any atom is -0.317 e. The second kappa shape index (κ2) is 7.12. The highest BCUT2D eigenvalue weighted by Gasteiger charge is 2.16. The van der Waals surface area contributed by atoms with Gasteiger partial charge in [-0.25, -0.2) is 4.39 Å². The quantitative estimate of drug-likeness (QED) is 0.837. The fourth-order valence-corrected chi connectivity index (χ4v) is 2.29. The van der Waals surface area contributed by atoms with Crippen LogP contribution in [0, 0.1) is 17.7 Å². The van der Waals surface area contributed by atoms with Crippen molar-refractivity contribution in [2.45, 2.75) is 27.2 Å². The number of halogens is 2. The van der Waals surface area contributed by atoms with Gasteiger partial charge in [-0.15, -0.1) is 0 Å². The van der Waals surface area contributed by atoms with E-state index in [4.69, 9.17) is 0 Å². The van der Waals surface area contributed by atoms with Gasteiger partial charge < -0.3 is 5.32 Å². The van der Waals surface area contributed by atoms with Crippen LogP contribution in [0.15, 0.2) is 22.7 Å². The Morgan fingerprint density at radius 3 is 2.65 bits per heavy atom. The standard InChI is InChI=1S/C14H21BrFN/c1-4-17-9-12(10(2)3)8-11-6-5-7-13(16)14(11)15/h5-7,10,12,17H,4,8-9H2,1-3H3. The Kier molecular flexibility index (Phi) is 6.14. The van der Waals surface area contributed by atoms with E-state index < -0.39 is 0 Å². The summed E-state index contributed by atoms with van der Waals surface area (Å²) in [5.41, 5.74) is 1.06. The minimum atomic E-state index is -0.173. The third kappa shape index (κ3) is 4.40. The fraction of sp³-hybridized carbons (Fsp3) is 0.571. The Morgan fingerprint density at radius 1 is 1.35 bits per heavy atom. The third-order valence-electron chi connectivity index (χ3n) is 3.11. The van der Waals surface area contributed by atoms with Crippen molar-refractivity contribution in [3.63, 3.8) is 0 Å². The molecule has 0 amide bonds. The molecule has 0 saturated heterocycles. The summed E-state index contributed by atoms with van der Waals surface area (Å²) in [5.74, 6) is 0.950. The van der Waals surface area contributed by atoms with Gasteiger partial charge in [0.25, 0.3) is 0 Å². The summed E-state index contributed by atoms with van der Waals surface area (Å²) in [6, 6.07) is 5.26. The zero-order chi connectivity index (χ0) is 12.8. The molecule has 0 radical (unpaired) electrons. The molecule has 0 aromatic heterocycles. The van der Waals surface area contributed by atoms with Crippen molar-refractivity contribution in [2.75, 3.05) is 13.1 Å². The van der Waals surface area contributed by atoms with Crippen LogP contribution in [0.4, 0.5) is 4.39 Å². The molecule has 96 valence electrons. The first-order chi connectivity index (χ1) is 8.06. The smallest absolute Gasteiger partial charge is 0.137 e. The van der Waals surface area contributed by atoms with Gasteiger partial charge in [-0.2, -0.15) is 0 Å². The second-order valence-electron chi connectivity index (χ2n) is 4.73. The van der Waals surface area contributed by atoms with Gasteiger partial charge >= 0.3 is 0 Å². The maximum atomic E-state index is 13.4. The first-order valence-corrected chi connectivity index (χ1v) is 6.99. The molecule has 0 aliphatic heterocycles. The lowest BCUT2D eigenvalue weighted by Crippen LogP contribution is -2.27. The van der Waals surface area contributed by atoms with E-state index in [0.717, 1.165) is 25.1 Å². The van der Waals surface area contributed by atoms with E-state index in [1.54, 1.807) is 6.07 Å². The van der Waals surface area contributed by atoms with Gasteiger partial charge in [-0.05, 0) is 58.9 Å². The topological polar surface area (TPSA) is 12.0 Å². The molecule has 0 aliphatic rings. The van der Waals surface area contributed by atoms with E-state index in [0.29, 0.717) is 16.3 Å². The van der Waals surface area contributed by atoms with Crippen LogP contribution in [0.3, 0.4) is 0 Å². The van der Waals surface area contributed by atoms with Crippen molar-refractivity contribution in [3.05, 3.63) is 34.1 Å².